The average molecular weight is 428 g/mol. The predicted molar refractivity (Wildman–Crippen MR) is 107 cm³/mol. The van der Waals surface area contributed by atoms with Gasteiger partial charge in [-0.25, -0.2) is 13.2 Å². The molecule has 1 aromatic carbocycles. The van der Waals surface area contributed by atoms with Crippen molar-refractivity contribution in [3.63, 3.8) is 0 Å². The van der Waals surface area contributed by atoms with E-state index in [0.29, 0.717) is 5.56 Å². The number of rotatable bonds is 5. The standard InChI is InChI=1S/C22H19F3N4O2/c1-14(15-2-4-17(23)5-3-15)8-16-11-27-7-6-19(16)21(31)28-12-20(30)29-13-22(24,25)9-18(29)10-26/h2-8,11,18H,9,12-13H2,1H3,(H,28,31). The van der Waals surface area contributed by atoms with Crippen molar-refractivity contribution in [1.29, 1.82) is 5.26 Å². The van der Waals surface area contributed by atoms with Crippen molar-refractivity contribution >= 4 is 23.5 Å². The van der Waals surface area contributed by atoms with Gasteiger partial charge in [0, 0.05) is 29.9 Å². The number of aromatic nitrogens is 1. The zero-order valence-electron chi connectivity index (χ0n) is 16.6. The summed E-state index contributed by atoms with van der Waals surface area (Å²) in [5.41, 5.74) is 2.21. The van der Waals surface area contributed by atoms with Gasteiger partial charge in [-0.3, -0.25) is 14.6 Å². The number of carbonyl (C=O) groups excluding carboxylic acids is 2. The third-order valence-corrected chi connectivity index (χ3v) is 4.91. The first kappa shape index (κ1) is 22.0. The topological polar surface area (TPSA) is 86.1 Å². The highest BCUT2D eigenvalue weighted by atomic mass is 19.3. The van der Waals surface area contributed by atoms with E-state index in [1.165, 1.54) is 30.6 Å². The smallest absolute Gasteiger partial charge is 0.268 e. The van der Waals surface area contributed by atoms with Gasteiger partial charge in [0.25, 0.3) is 11.8 Å². The van der Waals surface area contributed by atoms with Crippen LogP contribution in [0, 0.1) is 17.1 Å². The lowest BCUT2D eigenvalue weighted by Crippen LogP contribution is -2.43. The summed E-state index contributed by atoms with van der Waals surface area (Å²) in [4.78, 5) is 29.7. The minimum absolute atomic E-state index is 0.229. The Bertz CT molecular complexity index is 1060. The molecule has 1 aliphatic rings. The van der Waals surface area contributed by atoms with Gasteiger partial charge < -0.3 is 10.2 Å². The number of benzene rings is 1. The summed E-state index contributed by atoms with van der Waals surface area (Å²) < 4.78 is 40.2. The van der Waals surface area contributed by atoms with Gasteiger partial charge in [0.15, 0.2) is 0 Å². The van der Waals surface area contributed by atoms with Gasteiger partial charge in [0.2, 0.25) is 5.91 Å². The molecule has 2 amide bonds. The summed E-state index contributed by atoms with van der Waals surface area (Å²) in [6.45, 7) is 0.427. The van der Waals surface area contributed by atoms with Gasteiger partial charge in [0.1, 0.15) is 11.9 Å². The monoisotopic (exact) mass is 428 g/mol. The summed E-state index contributed by atoms with van der Waals surface area (Å²) in [6.07, 6.45) is 3.86. The van der Waals surface area contributed by atoms with Crippen molar-refractivity contribution in [2.24, 2.45) is 0 Å². The largest absolute Gasteiger partial charge is 0.343 e. The SMILES string of the molecule is CC(=Cc1cnccc1C(=O)NCC(=O)N1CC(F)(F)CC1C#N)c1ccc(F)cc1. The van der Waals surface area contributed by atoms with Gasteiger partial charge in [-0.1, -0.05) is 12.1 Å². The highest BCUT2D eigenvalue weighted by Gasteiger charge is 2.47. The van der Waals surface area contributed by atoms with Gasteiger partial charge >= 0.3 is 0 Å². The Hall–Kier alpha value is -3.67. The summed E-state index contributed by atoms with van der Waals surface area (Å²) in [5, 5.41) is 11.4. The molecule has 0 spiro atoms. The number of alkyl halides is 2. The number of carbonyl (C=O) groups is 2. The molecule has 1 saturated heterocycles. The van der Waals surface area contributed by atoms with E-state index < -0.39 is 43.3 Å². The number of nitrogens with zero attached hydrogens (tertiary/aromatic N) is 3. The van der Waals surface area contributed by atoms with Crippen molar-refractivity contribution in [3.8, 4) is 6.07 Å². The van der Waals surface area contributed by atoms with Crippen molar-refractivity contribution in [3.05, 3.63) is 65.2 Å². The minimum atomic E-state index is -3.12. The lowest BCUT2D eigenvalue weighted by molar-refractivity contribution is -0.131. The zero-order chi connectivity index (χ0) is 22.6. The number of nitrogens with one attached hydrogen (secondary N) is 1. The number of halogens is 3. The van der Waals surface area contributed by atoms with E-state index >= 15 is 0 Å². The van der Waals surface area contributed by atoms with Gasteiger partial charge in [-0.2, -0.15) is 5.26 Å². The number of hydrogen-bond acceptors (Lipinski definition) is 4. The maximum absolute atomic E-state index is 13.5. The Labute approximate surface area is 177 Å². The molecule has 2 heterocycles. The second-order valence-electron chi connectivity index (χ2n) is 7.21. The highest BCUT2D eigenvalue weighted by molar-refractivity contribution is 6.00. The number of likely N-dealkylation sites (tertiary alicyclic amines) is 1. The molecule has 0 bridgehead atoms. The molecule has 160 valence electrons. The summed E-state index contributed by atoms with van der Waals surface area (Å²) in [5.74, 6) is -4.84. The van der Waals surface area contributed by atoms with Crippen molar-refractivity contribution in [2.75, 3.05) is 13.1 Å². The fourth-order valence-electron chi connectivity index (χ4n) is 3.30. The molecule has 1 fully saturated rings. The molecule has 2 aromatic rings. The number of pyridine rings is 1. The van der Waals surface area contributed by atoms with Crippen LogP contribution < -0.4 is 5.32 Å². The molecule has 1 atom stereocenters. The van der Waals surface area contributed by atoms with Crippen LogP contribution in [-0.2, 0) is 4.79 Å². The van der Waals surface area contributed by atoms with Crippen molar-refractivity contribution < 1.29 is 22.8 Å². The molecule has 0 saturated carbocycles. The van der Waals surface area contributed by atoms with E-state index in [1.807, 2.05) is 0 Å². The van der Waals surface area contributed by atoms with E-state index in [9.17, 15) is 22.8 Å². The van der Waals surface area contributed by atoms with Crippen LogP contribution in [0.25, 0.3) is 11.6 Å². The van der Waals surface area contributed by atoms with Crippen LogP contribution in [0.3, 0.4) is 0 Å². The lowest BCUT2D eigenvalue weighted by Gasteiger charge is -2.19. The first-order valence-electron chi connectivity index (χ1n) is 9.43. The number of allylic oxidation sites excluding steroid dienone is 1. The van der Waals surface area contributed by atoms with Crippen LogP contribution in [0.4, 0.5) is 13.2 Å². The van der Waals surface area contributed by atoms with E-state index in [-0.39, 0.29) is 11.4 Å². The molecule has 3 rings (SSSR count). The van der Waals surface area contributed by atoms with Crippen LogP contribution in [0.2, 0.25) is 0 Å². The summed E-state index contributed by atoms with van der Waals surface area (Å²) >= 11 is 0. The summed E-state index contributed by atoms with van der Waals surface area (Å²) in [6, 6.07) is 7.79. The van der Waals surface area contributed by atoms with Crippen LogP contribution in [0.15, 0.2) is 42.7 Å². The average Bonchev–Trinajstić information content (AvgIpc) is 3.07. The van der Waals surface area contributed by atoms with Crippen LogP contribution >= 0.6 is 0 Å². The Balaban J connectivity index is 1.72. The normalized spacial score (nSPS) is 17.8. The molecular weight excluding hydrogens is 409 g/mol. The molecule has 1 N–H and O–H groups in total. The van der Waals surface area contributed by atoms with Gasteiger partial charge in [-0.05, 0) is 42.3 Å². The summed E-state index contributed by atoms with van der Waals surface area (Å²) in [7, 11) is 0. The molecule has 1 aromatic heterocycles. The van der Waals surface area contributed by atoms with Gasteiger partial charge in [-0.15, -0.1) is 0 Å². The quantitative estimate of drug-likeness (QED) is 0.792. The maximum atomic E-state index is 13.5. The van der Waals surface area contributed by atoms with E-state index in [2.05, 4.69) is 10.3 Å². The van der Waals surface area contributed by atoms with Crippen LogP contribution in [0.5, 0.6) is 0 Å². The molecule has 1 aliphatic heterocycles. The Kier molecular flexibility index (Phi) is 6.39. The molecule has 9 heteroatoms. The Morgan fingerprint density at radius 1 is 1.32 bits per heavy atom. The van der Waals surface area contributed by atoms with E-state index in [0.717, 1.165) is 16.0 Å². The molecule has 0 aliphatic carbocycles. The minimum Gasteiger partial charge on any atom is -0.343 e. The molecule has 0 radical (unpaired) electrons. The fraction of sp³-hybridized carbons (Fsp3) is 0.273. The molecule has 1 unspecified atom stereocenters. The Morgan fingerprint density at radius 3 is 2.71 bits per heavy atom. The van der Waals surface area contributed by atoms with Gasteiger partial charge in [0.05, 0.1) is 19.2 Å². The molecular formula is C22H19F3N4O2. The van der Waals surface area contributed by atoms with Crippen LogP contribution in [-0.4, -0.2) is 46.8 Å². The molecule has 6 nitrogen and oxygen atoms in total. The number of hydrogen-bond donors (Lipinski definition) is 1. The lowest BCUT2D eigenvalue weighted by atomic mass is 10.0. The van der Waals surface area contributed by atoms with E-state index in [4.69, 9.17) is 5.26 Å². The second-order valence-corrected chi connectivity index (χ2v) is 7.21. The Morgan fingerprint density at radius 2 is 2.03 bits per heavy atom. The zero-order valence-corrected chi connectivity index (χ0v) is 16.6. The first-order chi connectivity index (χ1) is 14.7. The maximum Gasteiger partial charge on any atom is 0.268 e. The third-order valence-electron chi connectivity index (χ3n) is 4.91. The van der Waals surface area contributed by atoms with E-state index in [1.54, 1.807) is 31.2 Å². The first-order valence-corrected chi connectivity index (χ1v) is 9.43. The number of nitriles is 1. The third kappa shape index (κ3) is 5.28. The highest BCUT2D eigenvalue weighted by Crippen LogP contribution is 2.31. The fourth-order valence-corrected chi connectivity index (χ4v) is 3.30. The predicted octanol–water partition coefficient (Wildman–Crippen LogP) is 3.27. The molecule has 31 heavy (non-hydrogen) atoms. The second kappa shape index (κ2) is 9.00. The number of amides is 2. The van der Waals surface area contributed by atoms with Crippen LogP contribution in [0.1, 0.15) is 34.8 Å². The van der Waals surface area contributed by atoms with Crippen molar-refractivity contribution in [1.82, 2.24) is 15.2 Å². The van der Waals surface area contributed by atoms with Crippen molar-refractivity contribution in [2.45, 2.75) is 25.3 Å².